The Kier molecular flexibility index (Phi) is 5.51. The van der Waals surface area contributed by atoms with Crippen molar-refractivity contribution in [1.29, 1.82) is 0 Å². The fourth-order valence-electron chi connectivity index (χ4n) is 2.35. The van der Waals surface area contributed by atoms with E-state index in [1.807, 2.05) is 18.2 Å². The molecule has 0 saturated carbocycles. The molecule has 2 aromatic rings. The van der Waals surface area contributed by atoms with E-state index >= 15 is 0 Å². The van der Waals surface area contributed by atoms with Crippen molar-refractivity contribution in [3.63, 3.8) is 0 Å². The van der Waals surface area contributed by atoms with Gasteiger partial charge in [0.05, 0.1) is 12.1 Å². The third kappa shape index (κ3) is 4.15. The fraction of sp³-hybridized carbons (Fsp3) is 0.333. The largest absolute Gasteiger partial charge is 0.495 e. The van der Waals surface area contributed by atoms with Crippen LogP contribution in [0.25, 0.3) is 0 Å². The lowest BCUT2D eigenvalue weighted by Crippen LogP contribution is -2.06. The zero-order valence-electron chi connectivity index (χ0n) is 12.8. The molecular weight excluding hydrogens is 282 g/mol. The Morgan fingerprint density at radius 2 is 1.86 bits per heavy atom. The number of halogens is 1. The number of nitrogens with one attached hydrogen (secondary N) is 1. The van der Waals surface area contributed by atoms with Gasteiger partial charge in [0.1, 0.15) is 5.75 Å². The second kappa shape index (κ2) is 7.37. The molecule has 0 heterocycles. The van der Waals surface area contributed by atoms with Crippen molar-refractivity contribution < 1.29 is 4.74 Å². The summed E-state index contributed by atoms with van der Waals surface area (Å²) in [5, 5.41) is 4.08. The molecule has 1 unspecified atom stereocenters. The molecule has 0 spiro atoms. The number of ether oxygens (including phenoxy) is 1. The molecule has 2 aromatic carbocycles. The van der Waals surface area contributed by atoms with Crippen molar-refractivity contribution in [3.05, 3.63) is 58.6 Å². The van der Waals surface area contributed by atoms with Gasteiger partial charge in [0.25, 0.3) is 0 Å². The van der Waals surface area contributed by atoms with Crippen molar-refractivity contribution in [1.82, 2.24) is 0 Å². The normalized spacial score (nSPS) is 12.0. The van der Waals surface area contributed by atoms with E-state index in [4.69, 9.17) is 16.3 Å². The predicted molar refractivity (Wildman–Crippen MR) is 90.5 cm³/mol. The first kappa shape index (κ1) is 15.7. The molecule has 1 N–H and O–H groups in total. The standard InChI is InChI=1S/C18H22ClNO/c1-4-5-14-6-8-15(9-7-14)13(2)20-16-10-11-18(21-3)17(19)12-16/h6-13,20H,4-5H2,1-3H3. The molecule has 0 aromatic heterocycles. The highest BCUT2D eigenvalue weighted by molar-refractivity contribution is 6.32. The van der Waals surface area contributed by atoms with E-state index in [9.17, 15) is 0 Å². The first-order valence-corrected chi connectivity index (χ1v) is 7.70. The Bertz CT molecular complexity index is 580. The Hall–Kier alpha value is -1.67. The first-order valence-electron chi connectivity index (χ1n) is 7.33. The Balaban J connectivity index is 2.06. The lowest BCUT2D eigenvalue weighted by atomic mass is 10.0. The van der Waals surface area contributed by atoms with Crippen LogP contribution in [-0.2, 0) is 6.42 Å². The summed E-state index contributed by atoms with van der Waals surface area (Å²) in [6.45, 7) is 4.35. The van der Waals surface area contributed by atoms with Gasteiger partial charge < -0.3 is 10.1 Å². The van der Waals surface area contributed by atoms with Gasteiger partial charge in [-0.15, -0.1) is 0 Å². The molecule has 3 heteroatoms. The Morgan fingerprint density at radius 3 is 2.43 bits per heavy atom. The van der Waals surface area contributed by atoms with Crippen molar-refractivity contribution in [2.45, 2.75) is 32.7 Å². The Morgan fingerprint density at radius 1 is 1.14 bits per heavy atom. The number of anilines is 1. The zero-order valence-corrected chi connectivity index (χ0v) is 13.6. The smallest absolute Gasteiger partial charge is 0.137 e. The summed E-state index contributed by atoms with van der Waals surface area (Å²) in [6, 6.07) is 14.8. The predicted octanol–water partition coefficient (Wildman–Crippen LogP) is 5.47. The van der Waals surface area contributed by atoms with Gasteiger partial charge in [-0.2, -0.15) is 0 Å². The highest BCUT2D eigenvalue weighted by Crippen LogP contribution is 2.29. The molecule has 2 nitrogen and oxygen atoms in total. The maximum absolute atomic E-state index is 6.15. The van der Waals surface area contributed by atoms with Crippen LogP contribution in [0, 0.1) is 0 Å². The van der Waals surface area contributed by atoms with Gasteiger partial charge in [-0.3, -0.25) is 0 Å². The first-order chi connectivity index (χ1) is 10.1. The lowest BCUT2D eigenvalue weighted by Gasteiger charge is -2.17. The third-order valence-electron chi connectivity index (χ3n) is 3.55. The fourth-order valence-corrected chi connectivity index (χ4v) is 2.61. The zero-order chi connectivity index (χ0) is 15.2. The van der Waals surface area contributed by atoms with Crippen molar-refractivity contribution in [2.75, 3.05) is 12.4 Å². The molecule has 21 heavy (non-hydrogen) atoms. The molecule has 0 fully saturated rings. The topological polar surface area (TPSA) is 21.3 Å². The minimum atomic E-state index is 0.227. The SMILES string of the molecule is CCCc1ccc(C(C)Nc2ccc(OC)c(Cl)c2)cc1. The summed E-state index contributed by atoms with van der Waals surface area (Å²) in [6.07, 6.45) is 2.31. The summed E-state index contributed by atoms with van der Waals surface area (Å²) in [7, 11) is 1.62. The van der Waals surface area contributed by atoms with Crippen molar-refractivity contribution >= 4 is 17.3 Å². The summed E-state index contributed by atoms with van der Waals surface area (Å²) in [5.41, 5.74) is 3.65. The van der Waals surface area contributed by atoms with E-state index in [0.29, 0.717) is 10.8 Å². The van der Waals surface area contributed by atoms with Gasteiger partial charge in [0, 0.05) is 11.7 Å². The van der Waals surface area contributed by atoms with Crippen LogP contribution in [0.3, 0.4) is 0 Å². The highest BCUT2D eigenvalue weighted by Gasteiger charge is 2.07. The molecule has 0 aliphatic heterocycles. The molecule has 0 amide bonds. The molecule has 0 aliphatic rings. The van der Waals surface area contributed by atoms with Crippen molar-refractivity contribution in [2.24, 2.45) is 0 Å². The average molecular weight is 304 g/mol. The van der Waals surface area contributed by atoms with Crippen molar-refractivity contribution in [3.8, 4) is 5.75 Å². The van der Waals surface area contributed by atoms with Crippen LogP contribution in [0.4, 0.5) is 5.69 Å². The van der Waals surface area contributed by atoms with Gasteiger partial charge in [0.2, 0.25) is 0 Å². The molecule has 0 saturated heterocycles. The lowest BCUT2D eigenvalue weighted by molar-refractivity contribution is 0.415. The van der Waals surface area contributed by atoms with Crippen LogP contribution in [0.1, 0.15) is 37.4 Å². The van der Waals surface area contributed by atoms with Gasteiger partial charge in [-0.05, 0) is 42.7 Å². The summed E-state index contributed by atoms with van der Waals surface area (Å²) < 4.78 is 5.17. The highest BCUT2D eigenvalue weighted by atomic mass is 35.5. The van der Waals surface area contributed by atoms with Gasteiger partial charge >= 0.3 is 0 Å². The molecule has 1 atom stereocenters. The van der Waals surface area contributed by atoms with Gasteiger partial charge in [-0.1, -0.05) is 49.2 Å². The summed E-state index contributed by atoms with van der Waals surface area (Å²) >= 11 is 6.15. The van der Waals surface area contributed by atoms with E-state index in [1.54, 1.807) is 7.11 Å². The Labute approximate surface area is 132 Å². The van der Waals surface area contributed by atoms with Crippen LogP contribution in [-0.4, -0.2) is 7.11 Å². The summed E-state index contributed by atoms with van der Waals surface area (Å²) in [5.74, 6) is 0.693. The van der Waals surface area contributed by atoms with E-state index in [-0.39, 0.29) is 6.04 Å². The minimum absolute atomic E-state index is 0.227. The molecule has 0 bridgehead atoms. The van der Waals surface area contributed by atoms with Crippen LogP contribution < -0.4 is 10.1 Å². The number of hydrogen-bond donors (Lipinski definition) is 1. The van der Waals surface area contributed by atoms with Gasteiger partial charge in [-0.25, -0.2) is 0 Å². The van der Waals surface area contributed by atoms with Crippen LogP contribution in [0.2, 0.25) is 5.02 Å². The van der Waals surface area contributed by atoms with E-state index < -0.39 is 0 Å². The second-order valence-electron chi connectivity index (χ2n) is 5.21. The number of benzene rings is 2. The second-order valence-corrected chi connectivity index (χ2v) is 5.61. The van der Waals surface area contributed by atoms with Gasteiger partial charge in [0.15, 0.2) is 0 Å². The summed E-state index contributed by atoms with van der Waals surface area (Å²) in [4.78, 5) is 0. The van der Waals surface area contributed by atoms with Crippen LogP contribution >= 0.6 is 11.6 Å². The number of methoxy groups -OCH3 is 1. The molecule has 112 valence electrons. The maximum atomic E-state index is 6.15. The average Bonchev–Trinajstić information content (AvgIpc) is 2.48. The molecular formula is C18H22ClNO. The molecule has 2 rings (SSSR count). The number of hydrogen-bond acceptors (Lipinski definition) is 2. The molecule has 0 radical (unpaired) electrons. The van der Waals surface area contributed by atoms with Crippen LogP contribution in [0.15, 0.2) is 42.5 Å². The van der Waals surface area contributed by atoms with Crippen LogP contribution in [0.5, 0.6) is 5.75 Å². The quantitative estimate of drug-likeness (QED) is 0.763. The monoisotopic (exact) mass is 303 g/mol. The van der Waals surface area contributed by atoms with E-state index in [1.165, 1.54) is 17.5 Å². The maximum Gasteiger partial charge on any atom is 0.137 e. The van der Waals surface area contributed by atoms with E-state index in [2.05, 4.69) is 43.4 Å². The number of rotatable bonds is 6. The molecule has 0 aliphatic carbocycles. The third-order valence-corrected chi connectivity index (χ3v) is 3.85. The minimum Gasteiger partial charge on any atom is -0.495 e. The number of aryl methyl sites for hydroxylation is 1. The van der Waals surface area contributed by atoms with E-state index in [0.717, 1.165) is 12.1 Å².